The van der Waals surface area contributed by atoms with E-state index in [0.717, 1.165) is 39.0 Å². The van der Waals surface area contributed by atoms with E-state index in [2.05, 4.69) is 28.9 Å². The van der Waals surface area contributed by atoms with Crippen molar-refractivity contribution in [2.24, 2.45) is 16.3 Å². The van der Waals surface area contributed by atoms with Crippen LogP contribution in [0.2, 0.25) is 0 Å². The predicted octanol–water partition coefficient (Wildman–Crippen LogP) is 1.18. The molecule has 0 spiro atoms. The molecule has 0 aliphatic carbocycles. The summed E-state index contributed by atoms with van der Waals surface area (Å²) < 4.78 is 0. The Morgan fingerprint density at radius 2 is 2.11 bits per heavy atom. The van der Waals surface area contributed by atoms with Crippen LogP contribution < -0.4 is 5.73 Å². The molecular weight excluding hydrogens is 228 g/mol. The van der Waals surface area contributed by atoms with Crippen LogP contribution in [0.1, 0.15) is 33.6 Å². The zero-order chi connectivity index (χ0) is 13.8. The SMILES string of the molecule is CC1CN(CCCC(C)(C)C(N)=NO)CCN1C. The van der Waals surface area contributed by atoms with E-state index in [0.29, 0.717) is 11.9 Å². The third-order valence-corrected chi connectivity index (χ3v) is 4.12. The highest BCUT2D eigenvalue weighted by molar-refractivity contribution is 5.85. The van der Waals surface area contributed by atoms with E-state index >= 15 is 0 Å². The van der Waals surface area contributed by atoms with Crippen LogP contribution in [-0.2, 0) is 0 Å². The quantitative estimate of drug-likeness (QED) is 0.335. The van der Waals surface area contributed by atoms with E-state index in [9.17, 15) is 0 Å². The van der Waals surface area contributed by atoms with E-state index < -0.39 is 0 Å². The van der Waals surface area contributed by atoms with Crippen LogP contribution in [0.25, 0.3) is 0 Å². The summed E-state index contributed by atoms with van der Waals surface area (Å²) in [4.78, 5) is 4.91. The predicted molar refractivity (Wildman–Crippen MR) is 75.0 cm³/mol. The first-order valence-corrected chi connectivity index (χ1v) is 6.77. The smallest absolute Gasteiger partial charge is 0.144 e. The number of oxime groups is 1. The van der Waals surface area contributed by atoms with Crippen molar-refractivity contribution < 1.29 is 5.21 Å². The molecule has 0 amide bonds. The molecule has 0 aromatic rings. The summed E-state index contributed by atoms with van der Waals surface area (Å²) in [6.07, 6.45) is 2.03. The van der Waals surface area contributed by atoms with Crippen LogP contribution in [0.5, 0.6) is 0 Å². The second-order valence-corrected chi connectivity index (χ2v) is 6.10. The highest BCUT2D eigenvalue weighted by Gasteiger charge is 2.24. The maximum atomic E-state index is 8.73. The second kappa shape index (κ2) is 6.38. The van der Waals surface area contributed by atoms with Gasteiger partial charge in [0.25, 0.3) is 0 Å². The number of likely N-dealkylation sites (N-methyl/N-ethyl adjacent to an activating group) is 1. The van der Waals surface area contributed by atoms with Gasteiger partial charge in [-0.3, -0.25) is 0 Å². The van der Waals surface area contributed by atoms with Crippen molar-refractivity contribution in [3.8, 4) is 0 Å². The van der Waals surface area contributed by atoms with Gasteiger partial charge in [0.15, 0.2) is 0 Å². The Morgan fingerprint density at radius 3 is 2.67 bits per heavy atom. The summed E-state index contributed by atoms with van der Waals surface area (Å²) in [5.74, 6) is 0.328. The molecule has 3 N–H and O–H groups in total. The molecule has 18 heavy (non-hydrogen) atoms. The molecule has 106 valence electrons. The maximum absolute atomic E-state index is 8.73. The van der Waals surface area contributed by atoms with Crippen molar-refractivity contribution in [3.05, 3.63) is 0 Å². The molecule has 1 aliphatic rings. The molecule has 1 unspecified atom stereocenters. The highest BCUT2D eigenvalue weighted by atomic mass is 16.4. The molecule has 0 saturated carbocycles. The lowest BCUT2D eigenvalue weighted by atomic mass is 9.86. The summed E-state index contributed by atoms with van der Waals surface area (Å²) in [6, 6.07) is 0.635. The molecule has 1 heterocycles. The molecule has 0 radical (unpaired) electrons. The van der Waals surface area contributed by atoms with E-state index in [1.807, 2.05) is 13.8 Å². The summed E-state index contributed by atoms with van der Waals surface area (Å²) in [6.45, 7) is 10.8. The topological polar surface area (TPSA) is 65.1 Å². The third kappa shape index (κ3) is 4.14. The van der Waals surface area contributed by atoms with Crippen LogP contribution in [0.15, 0.2) is 5.16 Å². The van der Waals surface area contributed by atoms with Gasteiger partial charge in [-0.1, -0.05) is 19.0 Å². The van der Waals surface area contributed by atoms with Gasteiger partial charge in [-0.2, -0.15) is 0 Å². The third-order valence-electron chi connectivity index (χ3n) is 4.12. The number of hydrogen-bond acceptors (Lipinski definition) is 4. The fourth-order valence-electron chi connectivity index (χ4n) is 2.34. The molecule has 1 atom stereocenters. The first kappa shape index (κ1) is 15.2. The average Bonchev–Trinajstić information content (AvgIpc) is 2.32. The van der Waals surface area contributed by atoms with Crippen molar-refractivity contribution in [2.75, 3.05) is 33.2 Å². The monoisotopic (exact) mass is 256 g/mol. The van der Waals surface area contributed by atoms with Crippen LogP contribution in [0, 0.1) is 5.41 Å². The molecular formula is C13H28N4O. The molecule has 1 fully saturated rings. The van der Waals surface area contributed by atoms with Gasteiger partial charge in [-0.05, 0) is 33.4 Å². The molecule has 1 aliphatic heterocycles. The Balaban J connectivity index is 2.30. The normalized spacial score (nSPS) is 24.4. The van der Waals surface area contributed by atoms with E-state index in [-0.39, 0.29) is 5.41 Å². The zero-order valence-corrected chi connectivity index (χ0v) is 12.2. The van der Waals surface area contributed by atoms with Crippen molar-refractivity contribution in [3.63, 3.8) is 0 Å². The van der Waals surface area contributed by atoms with Crippen LogP contribution in [-0.4, -0.2) is 60.1 Å². The van der Waals surface area contributed by atoms with Gasteiger partial charge in [0.2, 0.25) is 0 Å². The average molecular weight is 256 g/mol. The lowest BCUT2D eigenvalue weighted by Gasteiger charge is -2.38. The molecule has 5 heteroatoms. The minimum Gasteiger partial charge on any atom is -0.409 e. The van der Waals surface area contributed by atoms with Gasteiger partial charge in [-0.25, -0.2) is 0 Å². The van der Waals surface area contributed by atoms with Crippen LogP contribution in [0.3, 0.4) is 0 Å². The summed E-state index contributed by atoms with van der Waals surface area (Å²) in [7, 11) is 2.18. The Bertz CT molecular complexity index is 291. The van der Waals surface area contributed by atoms with Gasteiger partial charge >= 0.3 is 0 Å². The first-order chi connectivity index (χ1) is 8.36. The fourth-order valence-corrected chi connectivity index (χ4v) is 2.34. The molecule has 1 saturated heterocycles. The first-order valence-electron chi connectivity index (χ1n) is 6.77. The van der Waals surface area contributed by atoms with Gasteiger partial charge < -0.3 is 20.7 Å². The number of nitrogens with zero attached hydrogens (tertiary/aromatic N) is 3. The fraction of sp³-hybridized carbons (Fsp3) is 0.923. The Morgan fingerprint density at radius 1 is 1.44 bits per heavy atom. The summed E-state index contributed by atoms with van der Waals surface area (Å²) in [5, 5.41) is 11.9. The van der Waals surface area contributed by atoms with Gasteiger partial charge in [-0.15, -0.1) is 0 Å². The number of piperazine rings is 1. The van der Waals surface area contributed by atoms with Crippen molar-refractivity contribution in [2.45, 2.75) is 39.7 Å². The minimum absolute atomic E-state index is 0.215. The molecule has 1 rings (SSSR count). The largest absolute Gasteiger partial charge is 0.409 e. The van der Waals surface area contributed by atoms with Gasteiger partial charge in [0.05, 0.1) is 0 Å². The van der Waals surface area contributed by atoms with Crippen LogP contribution >= 0.6 is 0 Å². The standard InChI is InChI=1S/C13H28N4O/c1-11-10-17(9-8-16(11)4)7-5-6-13(2,3)12(14)15-18/h11,18H,5-10H2,1-4H3,(H2,14,15). The number of hydrogen-bond donors (Lipinski definition) is 2. The number of amidine groups is 1. The van der Waals surface area contributed by atoms with E-state index in [1.54, 1.807) is 0 Å². The number of nitrogens with two attached hydrogens (primary N) is 1. The number of rotatable bonds is 5. The minimum atomic E-state index is -0.215. The second-order valence-electron chi connectivity index (χ2n) is 6.10. The van der Waals surface area contributed by atoms with E-state index in [1.165, 1.54) is 0 Å². The molecule has 0 bridgehead atoms. The highest BCUT2D eigenvalue weighted by Crippen LogP contribution is 2.22. The molecule has 0 aromatic heterocycles. The van der Waals surface area contributed by atoms with Crippen molar-refractivity contribution in [1.82, 2.24) is 9.80 Å². The van der Waals surface area contributed by atoms with Gasteiger partial charge in [0, 0.05) is 31.1 Å². The van der Waals surface area contributed by atoms with Crippen molar-refractivity contribution >= 4 is 5.84 Å². The van der Waals surface area contributed by atoms with E-state index in [4.69, 9.17) is 10.9 Å². The maximum Gasteiger partial charge on any atom is 0.144 e. The lowest BCUT2D eigenvalue weighted by Crippen LogP contribution is -2.50. The lowest BCUT2D eigenvalue weighted by molar-refractivity contribution is 0.102. The summed E-state index contributed by atoms with van der Waals surface area (Å²) in [5.41, 5.74) is 5.47. The Kier molecular flexibility index (Phi) is 5.41. The van der Waals surface area contributed by atoms with Crippen molar-refractivity contribution in [1.29, 1.82) is 0 Å². The summed E-state index contributed by atoms with van der Waals surface area (Å²) >= 11 is 0. The Labute approximate surface area is 111 Å². The van der Waals surface area contributed by atoms with Gasteiger partial charge in [0.1, 0.15) is 5.84 Å². The molecule has 5 nitrogen and oxygen atoms in total. The Hall–Kier alpha value is -0.810. The molecule has 0 aromatic carbocycles. The zero-order valence-electron chi connectivity index (χ0n) is 12.2. The van der Waals surface area contributed by atoms with Crippen LogP contribution in [0.4, 0.5) is 0 Å².